The van der Waals surface area contributed by atoms with Crippen LogP contribution >= 0.6 is 27.3 Å². The van der Waals surface area contributed by atoms with E-state index < -0.39 is 0 Å². The summed E-state index contributed by atoms with van der Waals surface area (Å²) in [6, 6.07) is 7.73. The Morgan fingerprint density at radius 1 is 1.50 bits per heavy atom. The molecule has 0 aliphatic carbocycles. The molecule has 0 fully saturated rings. The highest BCUT2D eigenvalue weighted by atomic mass is 79.9. The SMILES string of the molecule is Cc1nc(CN(C)c2ccc(C#N)cc2Br)cs1. The molecular weight excluding hydrogens is 310 g/mol. The Kier molecular flexibility index (Phi) is 4.00. The number of benzene rings is 1. The molecule has 0 aliphatic heterocycles. The smallest absolute Gasteiger partial charge is 0.0992 e. The third kappa shape index (κ3) is 2.89. The van der Waals surface area contributed by atoms with Crippen LogP contribution in [0.3, 0.4) is 0 Å². The summed E-state index contributed by atoms with van der Waals surface area (Å²) in [6.07, 6.45) is 0. The van der Waals surface area contributed by atoms with Crippen LogP contribution in [0.4, 0.5) is 5.69 Å². The standard InChI is InChI=1S/C13H12BrN3S/c1-9-16-11(8-18-9)7-17(2)13-4-3-10(6-15)5-12(13)14/h3-5,8H,7H2,1-2H3. The third-order valence-electron chi connectivity index (χ3n) is 2.55. The number of aryl methyl sites for hydroxylation is 1. The zero-order chi connectivity index (χ0) is 13.1. The minimum atomic E-state index is 0.656. The molecule has 0 N–H and O–H groups in total. The number of nitrogens with zero attached hydrogens (tertiary/aromatic N) is 3. The Balaban J connectivity index is 2.19. The maximum atomic E-state index is 8.84. The van der Waals surface area contributed by atoms with E-state index in [1.807, 2.05) is 32.2 Å². The Morgan fingerprint density at radius 3 is 2.83 bits per heavy atom. The predicted molar refractivity (Wildman–Crippen MR) is 77.8 cm³/mol. The molecule has 1 aromatic heterocycles. The highest BCUT2D eigenvalue weighted by Crippen LogP contribution is 2.27. The lowest BCUT2D eigenvalue weighted by Crippen LogP contribution is -2.17. The fourth-order valence-electron chi connectivity index (χ4n) is 1.70. The van der Waals surface area contributed by atoms with E-state index in [9.17, 15) is 0 Å². The van der Waals surface area contributed by atoms with Crippen molar-refractivity contribution in [2.45, 2.75) is 13.5 Å². The largest absolute Gasteiger partial charge is 0.368 e. The van der Waals surface area contributed by atoms with Gasteiger partial charge in [-0.15, -0.1) is 11.3 Å². The van der Waals surface area contributed by atoms with Gasteiger partial charge in [-0.2, -0.15) is 5.26 Å². The Bertz CT molecular complexity index is 601. The quantitative estimate of drug-likeness (QED) is 0.864. The van der Waals surface area contributed by atoms with Gasteiger partial charge in [-0.3, -0.25) is 0 Å². The summed E-state index contributed by atoms with van der Waals surface area (Å²) < 4.78 is 0.927. The molecule has 2 aromatic rings. The fraction of sp³-hybridized carbons (Fsp3) is 0.231. The second-order valence-corrected chi connectivity index (χ2v) is 5.91. The van der Waals surface area contributed by atoms with Crippen molar-refractivity contribution in [3.05, 3.63) is 44.3 Å². The van der Waals surface area contributed by atoms with E-state index in [1.165, 1.54) is 0 Å². The number of rotatable bonds is 3. The van der Waals surface area contributed by atoms with Crippen LogP contribution in [-0.4, -0.2) is 12.0 Å². The van der Waals surface area contributed by atoms with Crippen molar-refractivity contribution in [2.24, 2.45) is 0 Å². The molecule has 0 unspecified atom stereocenters. The minimum absolute atomic E-state index is 0.656. The highest BCUT2D eigenvalue weighted by Gasteiger charge is 2.08. The van der Waals surface area contributed by atoms with E-state index in [0.29, 0.717) is 5.56 Å². The van der Waals surface area contributed by atoms with Crippen molar-refractivity contribution in [1.29, 1.82) is 5.26 Å². The Labute approximate surface area is 119 Å². The molecule has 1 aromatic carbocycles. The lowest BCUT2D eigenvalue weighted by molar-refractivity contribution is 0.888. The normalized spacial score (nSPS) is 10.1. The molecule has 0 aliphatic rings. The van der Waals surface area contributed by atoms with Gasteiger partial charge in [0, 0.05) is 16.9 Å². The van der Waals surface area contributed by atoms with Gasteiger partial charge in [0.2, 0.25) is 0 Å². The van der Waals surface area contributed by atoms with Crippen molar-refractivity contribution in [3.63, 3.8) is 0 Å². The Morgan fingerprint density at radius 2 is 2.28 bits per heavy atom. The van der Waals surface area contributed by atoms with E-state index >= 15 is 0 Å². The van der Waals surface area contributed by atoms with Gasteiger partial charge < -0.3 is 4.90 Å². The molecule has 0 radical (unpaired) electrons. The summed E-state index contributed by atoms with van der Waals surface area (Å²) in [7, 11) is 2.01. The van der Waals surface area contributed by atoms with Crippen LogP contribution in [0, 0.1) is 18.3 Å². The molecule has 18 heavy (non-hydrogen) atoms. The van der Waals surface area contributed by atoms with Crippen LogP contribution in [0.15, 0.2) is 28.1 Å². The second-order valence-electron chi connectivity index (χ2n) is 3.99. The first kappa shape index (κ1) is 13.1. The summed E-state index contributed by atoms with van der Waals surface area (Å²) in [6.45, 7) is 2.76. The average Bonchev–Trinajstić information content (AvgIpc) is 2.74. The van der Waals surface area contributed by atoms with Crippen LogP contribution in [0.2, 0.25) is 0 Å². The maximum absolute atomic E-state index is 8.84. The number of anilines is 1. The number of aromatic nitrogens is 1. The number of nitriles is 1. The second kappa shape index (κ2) is 5.51. The van der Waals surface area contributed by atoms with Gasteiger partial charge in [0.25, 0.3) is 0 Å². The highest BCUT2D eigenvalue weighted by molar-refractivity contribution is 9.10. The molecule has 3 nitrogen and oxygen atoms in total. The van der Waals surface area contributed by atoms with Gasteiger partial charge >= 0.3 is 0 Å². The lowest BCUT2D eigenvalue weighted by Gasteiger charge is -2.19. The molecule has 92 valence electrons. The van der Waals surface area contributed by atoms with Gasteiger partial charge in [-0.25, -0.2) is 4.98 Å². The van der Waals surface area contributed by atoms with Gasteiger partial charge in [-0.1, -0.05) is 0 Å². The first-order valence-electron chi connectivity index (χ1n) is 5.42. The summed E-state index contributed by atoms with van der Waals surface area (Å²) in [5.74, 6) is 0. The molecule has 1 heterocycles. The van der Waals surface area contributed by atoms with Crippen LogP contribution in [-0.2, 0) is 6.54 Å². The molecule has 0 saturated heterocycles. The summed E-state index contributed by atoms with van der Waals surface area (Å²) in [5, 5.41) is 12.0. The number of thiazole rings is 1. The van der Waals surface area contributed by atoms with Gasteiger partial charge in [0.15, 0.2) is 0 Å². The van der Waals surface area contributed by atoms with E-state index in [2.05, 4.69) is 37.3 Å². The molecule has 0 saturated carbocycles. The summed E-state index contributed by atoms with van der Waals surface area (Å²) in [4.78, 5) is 6.56. The van der Waals surface area contributed by atoms with Crippen LogP contribution < -0.4 is 4.90 Å². The van der Waals surface area contributed by atoms with Gasteiger partial charge in [0.1, 0.15) is 0 Å². The number of hydrogen-bond acceptors (Lipinski definition) is 4. The van der Waals surface area contributed by atoms with Crippen LogP contribution in [0.1, 0.15) is 16.3 Å². The zero-order valence-corrected chi connectivity index (χ0v) is 12.5. The maximum Gasteiger partial charge on any atom is 0.0992 e. The first-order valence-corrected chi connectivity index (χ1v) is 7.09. The monoisotopic (exact) mass is 321 g/mol. The van der Waals surface area contributed by atoms with Crippen molar-refractivity contribution >= 4 is 33.0 Å². The molecular formula is C13H12BrN3S. The first-order chi connectivity index (χ1) is 8.60. The molecule has 0 atom stereocenters. The molecule has 0 amide bonds. The van der Waals surface area contributed by atoms with E-state index in [0.717, 1.165) is 27.4 Å². The predicted octanol–water partition coefficient (Wildman–Crippen LogP) is 3.72. The van der Waals surface area contributed by atoms with E-state index in [1.54, 1.807) is 11.3 Å². The van der Waals surface area contributed by atoms with E-state index in [-0.39, 0.29) is 0 Å². The number of hydrogen-bond donors (Lipinski definition) is 0. The summed E-state index contributed by atoms with van der Waals surface area (Å²) >= 11 is 5.16. The lowest BCUT2D eigenvalue weighted by atomic mass is 10.2. The number of halogens is 1. The van der Waals surface area contributed by atoms with Crippen molar-refractivity contribution in [2.75, 3.05) is 11.9 Å². The van der Waals surface area contributed by atoms with Crippen molar-refractivity contribution in [1.82, 2.24) is 4.98 Å². The molecule has 5 heteroatoms. The average molecular weight is 322 g/mol. The van der Waals surface area contributed by atoms with Crippen molar-refractivity contribution < 1.29 is 0 Å². The van der Waals surface area contributed by atoms with Crippen molar-refractivity contribution in [3.8, 4) is 6.07 Å². The molecule has 2 rings (SSSR count). The molecule has 0 spiro atoms. The summed E-state index contributed by atoms with van der Waals surface area (Å²) in [5.41, 5.74) is 2.78. The topological polar surface area (TPSA) is 39.9 Å². The fourth-order valence-corrected chi connectivity index (χ4v) is 2.98. The minimum Gasteiger partial charge on any atom is -0.368 e. The van der Waals surface area contributed by atoms with Crippen LogP contribution in [0.5, 0.6) is 0 Å². The molecule has 0 bridgehead atoms. The van der Waals surface area contributed by atoms with E-state index in [4.69, 9.17) is 5.26 Å². The zero-order valence-electron chi connectivity index (χ0n) is 10.1. The van der Waals surface area contributed by atoms with Crippen LogP contribution in [0.25, 0.3) is 0 Å². The third-order valence-corrected chi connectivity index (χ3v) is 4.01. The van der Waals surface area contributed by atoms with Gasteiger partial charge in [0.05, 0.1) is 34.6 Å². The Hall–Kier alpha value is -1.38. The van der Waals surface area contributed by atoms with Gasteiger partial charge in [-0.05, 0) is 41.1 Å².